The molecular formula is C18H16N4O3S. The van der Waals surface area contributed by atoms with Crippen molar-refractivity contribution in [2.75, 3.05) is 10.6 Å². The van der Waals surface area contributed by atoms with Gasteiger partial charge in [0.1, 0.15) is 6.26 Å². The molecule has 2 amide bonds. The molecule has 0 spiro atoms. The van der Waals surface area contributed by atoms with Crippen molar-refractivity contribution in [3.63, 3.8) is 0 Å². The van der Waals surface area contributed by atoms with Gasteiger partial charge >= 0.3 is 6.01 Å². The number of thiazole rings is 1. The zero-order valence-corrected chi connectivity index (χ0v) is 14.6. The van der Waals surface area contributed by atoms with Crippen molar-refractivity contribution in [3.05, 3.63) is 58.4 Å². The number of amides is 2. The predicted molar refractivity (Wildman–Crippen MR) is 97.6 cm³/mol. The minimum absolute atomic E-state index is 0.0255. The lowest BCUT2D eigenvalue weighted by Crippen LogP contribution is -2.14. The average Bonchev–Trinajstić information content (AvgIpc) is 3.28. The number of oxazole rings is 1. The highest BCUT2D eigenvalue weighted by Gasteiger charge is 2.19. The zero-order chi connectivity index (χ0) is 17.9. The first kappa shape index (κ1) is 16.5. The van der Waals surface area contributed by atoms with Crippen LogP contribution in [0.5, 0.6) is 0 Å². The second-order valence-corrected chi connectivity index (χ2v) is 6.99. The van der Waals surface area contributed by atoms with Crippen molar-refractivity contribution in [2.45, 2.75) is 25.7 Å². The molecule has 0 bridgehead atoms. The number of anilines is 2. The second-order valence-electron chi connectivity index (χ2n) is 5.91. The standard InChI is InChI=1S/C18H16N4O3S/c23-15(11-6-2-1-3-7-11)21-17-19-13(10-25-17)16(24)22-18-20-12-8-4-5-9-14(12)26-18/h1-3,6-7,10H,4-5,8-9H2,(H,19,21,23)(H,20,22,24). The number of aryl methyl sites for hydroxylation is 2. The van der Waals surface area contributed by atoms with Crippen molar-refractivity contribution in [3.8, 4) is 0 Å². The van der Waals surface area contributed by atoms with Crippen molar-refractivity contribution in [1.82, 2.24) is 9.97 Å². The zero-order valence-electron chi connectivity index (χ0n) is 13.8. The van der Waals surface area contributed by atoms with Gasteiger partial charge in [-0.3, -0.25) is 20.2 Å². The maximum Gasteiger partial charge on any atom is 0.302 e. The lowest BCUT2D eigenvalue weighted by atomic mass is 10.0. The van der Waals surface area contributed by atoms with Crippen LogP contribution in [0.3, 0.4) is 0 Å². The van der Waals surface area contributed by atoms with Gasteiger partial charge in [-0.2, -0.15) is 4.98 Å². The van der Waals surface area contributed by atoms with Crippen LogP contribution in [-0.2, 0) is 12.8 Å². The Labute approximate surface area is 153 Å². The van der Waals surface area contributed by atoms with Crippen LogP contribution in [0.25, 0.3) is 0 Å². The first-order valence-corrected chi connectivity index (χ1v) is 9.12. The molecule has 0 fully saturated rings. The molecule has 132 valence electrons. The first-order valence-electron chi connectivity index (χ1n) is 8.31. The van der Waals surface area contributed by atoms with Crippen LogP contribution in [-0.4, -0.2) is 21.8 Å². The highest BCUT2D eigenvalue weighted by Crippen LogP contribution is 2.29. The molecular weight excluding hydrogens is 352 g/mol. The number of nitrogens with zero attached hydrogens (tertiary/aromatic N) is 2. The molecule has 7 nitrogen and oxygen atoms in total. The van der Waals surface area contributed by atoms with E-state index in [-0.39, 0.29) is 17.6 Å². The Bertz CT molecular complexity index is 925. The van der Waals surface area contributed by atoms with E-state index < -0.39 is 5.91 Å². The molecule has 2 N–H and O–H groups in total. The molecule has 2 heterocycles. The molecule has 8 heteroatoms. The number of benzene rings is 1. The minimum Gasteiger partial charge on any atom is -0.431 e. The van der Waals surface area contributed by atoms with Crippen LogP contribution in [0.2, 0.25) is 0 Å². The van der Waals surface area contributed by atoms with Gasteiger partial charge in [0.15, 0.2) is 10.8 Å². The van der Waals surface area contributed by atoms with Crippen LogP contribution >= 0.6 is 11.3 Å². The van der Waals surface area contributed by atoms with Crippen LogP contribution in [0.1, 0.15) is 44.3 Å². The molecule has 1 aromatic carbocycles. The lowest BCUT2D eigenvalue weighted by Gasteiger charge is -2.06. The second kappa shape index (κ2) is 7.09. The van der Waals surface area contributed by atoms with Gasteiger partial charge in [0.2, 0.25) is 0 Å². The summed E-state index contributed by atoms with van der Waals surface area (Å²) in [6, 6.07) is 8.67. The van der Waals surface area contributed by atoms with Crippen LogP contribution in [0.4, 0.5) is 11.1 Å². The van der Waals surface area contributed by atoms with Gasteiger partial charge in [-0.25, -0.2) is 4.98 Å². The summed E-state index contributed by atoms with van der Waals surface area (Å²) in [6.07, 6.45) is 5.49. The normalized spacial score (nSPS) is 13.1. The van der Waals surface area contributed by atoms with E-state index in [4.69, 9.17) is 4.42 Å². The molecule has 0 unspecified atom stereocenters. The summed E-state index contributed by atoms with van der Waals surface area (Å²) in [7, 11) is 0. The molecule has 3 aromatic rings. The Hall–Kier alpha value is -3.00. The van der Waals surface area contributed by atoms with Crippen molar-refractivity contribution in [1.29, 1.82) is 0 Å². The quantitative estimate of drug-likeness (QED) is 0.734. The van der Waals surface area contributed by atoms with Gasteiger partial charge in [-0.15, -0.1) is 11.3 Å². The number of carbonyl (C=O) groups is 2. The number of hydrogen-bond acceptors (Lipinski definition) is 6. The molecule has 4 rings (SSSR count). The van der Waals surface area contributed by atoms with Gasteiger partial charge in [-0.1, -0.05) is 18.2 Å². The van der Waals surface area contributed by atoms with E-state index >= 15 is 0 Å². The molecule has 26 heavy (non-hydrogen) atoms. The van der Waals surface area contributed by atoms with Gasteiger partial charge in [0.25, 0.3) is 11.8 Å². The van der Waals surface area contributed by atoms with Gasteiger partial charge in [-0.05, 0) is 37.8 Å². The van der Waals surface area contributed by atoms with Crippen LogP contribution in [0, 0.1) is 0 Å². The van der Waals surface area contributed by atoms with E-state index in [1.54, 1.807) is 24.3 Å². The number of carbonyl (C=O) groups excluding carboxylic acids is 2. The minimum atomic E-state index is -0.417. The molecule has 0 radical (unpaired) electrons. The third kappa shape index (κ3) is 3.50. The fraction of sp³-hybridized carbons (Fsp3) is 0.222. The van der Waals surface area contributed by atoms with Gasteiger partial charge in [0, 0.05) is 10.4 Å². The molecule has 1 aliphatic rings. The monoisotopic (exact) mass is 368 g/mol. The molecule has 0 saturated carbocycles. The van der Waals surface area contributed by atoms with E-state index in [1.165, 1.54) is 22.5 Å². The number of nitrogens with one attached hydrogen (secondary N) is 2. The van der Waals surface area contributed by atoms with E-state index in [1.807, 2.05) is 6.07 Å². The third-order valence-corrected chi connectivity index (χ3v) is 5.13. The summed E-state index contributed by atoms with van der Waals surface area (Å²) in [5.74, 6) is -0.771. The van der Waals surface area contributed by atoms with Gasteiger partial charge < -0.3 is 4.42 Å². The summed E-state index contributed by atoms with van der Waals surface area (Å²) in [4.78, 5) is 34.1. The fourth-order valence-corrected chi connectivity index (χ4v) is 3.81. The van der Waals surface area contributed by atoms with E-state index in [0.717, 1.165) is 31.4 Å². The van der Waals surface area contributed by atoms with E-state index in [9.17, 15) is 9.59 Å². The number of fused-ring (bicyclic) bond motifs is 1. The SMILES string of the molecule is O=C(Nc1nc(C(=O)Nc2nc3c(s2)CCCC3)co1)c1ccccc1. The smallest absolute Gasteiger partial charge is 0.302 e. The maximum absolute atomic E-state index is 12.3. The highest BCUT2D eigenvalue weighted by atomic mass is 32.1. The Kier molecular flexibility index (Phi) is 4.49. The van der Waals surface area contributed by atoms with Crippen molar-refractivity contribution < 1.29 is 14.0 Å². The summed E-state index contributed by atoms with van der Waals surface area (Å²) in [5.41, 5.74) is 1.64. The Morgan fingerprint density at radius 2 is 1.81 bits per heavy atom. The van der Waals surface area contributed by atoms with E-state index in [2.05, 4.69) is 20.6 Å². The highest BCUT2D eigenvalue weighted by molar-refractivity contribution is 7.15. The topological polar surface area (TPSA) is 97.1 Å². The Morgan fingerprint density at radius 1 is 1.00 bits per heavy atom. The molecule has 0 atom stereocenters. The summed E-state index contributed by atoms with van der Waals surface area (Å²) < 4.78 is 5.18. The summed E-state index contributed by atoms with van der Waals surface area (Å²) >= 11 is 1.50. The fourth-order valence-electron chi connectivity index (χ4n) is 2.76. The number of rotatable bonds is 4. The number of aromatic nitrogens is 2. The summed E-state index contributed by atoms with van der Waals surface area (Å²) in [5, 5.41) is 5.84. The molecule has 2 aromatic heterocycles. The van der Waals surface area contributed by atoms with E-state index in [0.29, 0.717) is 10.7 Å². The third-order valence-electron chi connectivity index (χ3n) is 4.06. The largest absolute Gasteiger partial charge is 0.431 e. The van der Waals surface area contributed by atoms with Gasteiger partial charge in [0.05, 0.1) is 5.69 Å². The molecule has 0 aliphatic heterocycles. The summed E-state index contributed by atoms with van der Waals surface area (Å²) in [6.45, 7) is 0. The number of hydrogen-bond donors (Lipinski definition) is 2. The Balaban J connectivity index is 1.41. The molecule has 1 aliphatic carbocycles. The lowest BCUT2D eigenvalue weighted by molar-refractivity contribution is 0.101. The first-order chi connectivity index (χ1) is 12.7. The van der Waals surface area contributed by atoms with Crippen molar-refractivity contribution in [2.24, 2.45) is 0 Å². The average molecular weight is 368 g/mol. The van der Waals surface area contributed by atoms with Crippen LogP contribution < -0.4 is 10.6 Å². The van der Waals surface area contributed by atoms with Crippen LogP contribution in [0.15, 0.2) is 41.0 Å². The molecule has 0 saturated heterocycles. The predicted octanol–water partition coefficient (Wildman–Crippen LogP) is 3.51. The Morgan fingerprint density at radius 3 is 2.62 bits per heavy atom. The van der Waals surface area contributed by atoms with Crippen molar-refractivity contribution >= 4 is 34.3 Å². The maximum atomic E-state index is 12.3.